The molecule has 1 aromatic heterocycles. The fourth-order valence-electron chi connectivity index (χ4n) is 2.72. The van der Waals surface area contributed by atoms with Gasteiger partial charge in [0.1, 0.15) is 0 Å². The zero-order valence-corrected chi connectivity index (χ0v) is 12.4. The zero-order chi connectivity index (χ0) is 15.4. The molecule has 3 aromatic rings. The molecule has 0 aliphatic carbocycles. The van der Waals surface area contributed by atoms with Crippen molar-refractivity contribution in [2.45, 2.75) is 0 Å². The Kier molecular flexibility index (Phi) is 3.97. The summed E-state index contributed by atoms with van der Waals surface area (Å²) in [5.74, 6) is 0. The van der Waals surface area contributed by atoms with Crippen molar-refractivity contribution in [2.75, 3.05) is 0 Å². The Hall–Kier alpha value is -2.93. The Labute approximate surface area is 131 Å². The molecule has 0 spiro atoms. The van der Waals surface area contributed by atoms with Crippen LogP contribution in [0.25, 0.3) is 34.5 Å². The van der Waals surface area contributed by atoms with Crippen molar-refractivity contribution in [3.05, 3.63) is 91.8 Å². The molecule has 22 heavy (non-hydrogen) atoms. The first-order valence-electron chi connectivity index (χ1n) is 7.29. The maximum absolute atomic E-state index is 3.99. The number of benzene rings is 2. The standard InChI is InChI=1S/C21H18N/c1-3-20-21(18-13-9-6-10-14-18)19(15-16-22(20)4-2)17-11-7-5-8-12-17/h3-16H,1-2H2/q+1. The molecule has 0 saturated heterocycles. The third kappa shape index (κ3) is 2.49. The number of aromatic nitrogens is 1. The van der Waals surface area contributed by atoms with Gasteiger partial charge in [0, 0.05) is 17.7 Å². The van der Waals surface area contributed by atoms with Crippen LogP contribution in [0.2, 0.25) is 0 Å². The molecule has 1 heteroatoms. The van der Waals surface area contributed by atoms with Gasteiger partial charge in [0.15, 0.2) is 12.4 Å². The molecular weight excluding hydrogens is 266 g/mol. The van der Waals surface area contributed by atoms with Gasteiger partial charge >= 0.3 is 0 Å². The van der Waals surface area contributed by atoms with Crippen molar-refractivity contribution >= 4 is 12.3 Å². The predicted octanol–water partition coefficient (Wildman–Crippen LogP) is 5.05. The molecule has 0 amide bonds. The van der Waals surface area contributed by atoms with Crippen LogP contribution in [0.15, 0.2) is 86.1 Å². The van der Waals surface area contributed by atoms with E-state index in [1.54, 1.807) is 6.20 Å². The lowest BCUT2D eigenvalue weighted by Crippen LogP contribution is -2.29. The zero-order valence-electron chi connectivity index (χ0n) is 12.4. The third-order valence-electron chi connectivity index (χ3n) is 3.74. The van der Waals surface area contributed by atoms with Crippen LogP contribution in [0.1, 0.15) is 5.69 Å². The van der Waals surface area contributed by atoms with Crippen molar-refractivity contribution in [1.82, 2.24) is 0 Å². The highest BCUT2D eigenvalue weighted by atomic mass is 14.9. The average Bonchev–Trinajstić information content (AvgIpc) is 2.61. The summed E-state index contributed by atoms with van der Waals surface area (Å²) in [6, 6.07) is 23.0. The number of hydrogen-bond donors (Lipinski definition) is 0. The summed E-state index contributed by atoms with van der Waals surface area (Å²) in [6.07, 6.45) is 5.72. The largest absolute Gasteiger partial charge is 0.218 e. The fraction of sp³-hybridized carbons (Fsp3) is 0. The van der Waals surface area contributed by atoms with E-state index >= 15 is 0 Å². The molecule has 0 unspecified atom stereocenters. The minimum atomic E-state index is 1.04. The van der Waals surface area contributed by atoms with E-state index in [2.05, 4.69) is 67.8 Å². The van der Waals surface area contributed by atoms with Crippen LogP contribution in [-0.4, -0.2) is 0 Å². The second-order valence-corrected chi connectivity index (χ2v) is 5.02. The maximum atomic E-state index is 3.99. The Morgan fingerprint density at radius 1 is 0.727 bits per heavy atom. The summed E-state index contributed by atoms with van der Waals surface area (Å²) in [6.45, 7) is 7.88. The van der Waals surface area contributed by atoms with Gasteiger partial charge < -0.3 is 0 Å². The van der Waals surface area contributed by atoms with Gasteiger partial charge in [0.25, 0.3) is 0 Å². The Balaban J connectivity index is 2.36. The van der Waals surface area contributed by atoms with Gasteiger partial charge in [-0.2, -0.15) is 4.57 Å². The number of hydrogen-bond acceptors (Lipinski definition) is 0. The molecule has 1 heterocycles. The van der Waals surface area contributed by atoms with E-state index in [0.717, 1.165) is 5.69 Å². The quantitative estimate of drug-likeness (QED) is 0.590. The van der Waals surface area contributed by atoms with Gasteiger partial charge in [-0.15, -0.1) is 0 Å². The molecule has 0 fully saturated rings. The van der Waals surface area contributed by atoms with E-state index in [0.29, 0.717) is 0 Å². The number of pyridine rings is 1. The summed E-state index contributed by atoms with van der Waals surface area (Å²) < 4.78 is 2.00. The highest BCUT2D eigenvalue weighted by molar-refractivity contribution is 5.87. The van der Waals surface area contributed by atoms with E-state index in [1.807, 2.05) is 29.0 Å². The van der Waals surface area contributed by atoms with Crippen molar-refractivity contribution < 1.29 is 4.57 Å². The van der Waals surface area contributed by atoms with E-state index in [-0.39, 0.29) is 0 Å². The van der Waals surface area contributed by atoms with Gasteiger partial charge in [-0.05, 0) is 17.7 Å². The van der Waals surface area contributed by atoms with Crippen LogP contribution >= 0.6 is 0 Å². The van der Waals surface area contributed by atoms with Crippen LogP contribution in [0.4, 0.5) is 0 Å². The molecular formula is C21H18N+. The van der Waals surface area contributed by atoms with E-state index in [1.165, 1.54) is 22.3 Å². The molecule has 2 aromatic carbocycles. The Morgan fingerprint density at radius 2 is 1.32 bits per heavy atom. The monoisotopic (exact) mass is 284 g/mol. The van der Waals surface area contributed by atoms with Crippen LogP contribution in [0, 0.1) is 0 Å². The van der Waals surface area contributed by atoms with Gasteiger partial charge in [-0.3, -0.25) is 0 Å². The summed E-state index contributed by atoms with van der Waals surface area (Å²) in [4.78, 5) is 0. The second kappa shape index (κ2) is 6.23. The van der Waals surface area contributed by atoms with E-state index in [4.69, 9.17) is 0 Å². The SMILES string of the molecule is C=Cc1c(-c2ccccc2)c(-c2ccccc2)cc[n+]1C=C. The first kappa shape index (κ1) is 14.0. The van der Waals surface area contributed by atoms with Crippen LogP contribution in [-0.2, 0) is 0 Å². The third-order valence-corrected chi connectivity index (χ3v) is 3.74. The number of rotatable bonds is 4. The summed E-state index contributed by atoms with van der Waals surface area (Å²) in [5.41, 5.74) is 5.78. The lowest BCUT2D eigenvalue weighted by molar-refractivity contribution is -0.569. The lowest BCUT2D eigenvalue weighted by atomic mass is 9.93. The first-order chi connectivity index (χ1) is 10.8. The highest BCUT2D eigenvalue weighted by Crippen LogP contribution is 2.33. The van der Waals surface area contributed by atoms with E-state index in [9.17, 15) is 0 Å². The Morgan fingerprint density at radius 3 is 1.86 bits per heavy atom. The highest BCUT2D eigenvalue weighted by Gasteiger charge is 2.18. The molecule has 106 valence electrons. The molecule has 3 rings (SSSR count). The van der Waals surface area contributed by atoms with Crippen LogP contribution < -0.4 is 4.57 Å². The summed E-state index contributed by atoms with van der Waals surface area (Å²) in [5, 5.41) is 0. The van der Waals surface area contributed by atoms with Gasteiger partial charge in [0.05, 0.1) is 5.56 Å². The van der Waals surface area contributed by atoms with E-state index < -0.39 is 0 Å². The van der Waals surface area contributed by atoms with Crippen molar-refractivity contribution in [3.8, 4) is 22.3 Å². The van der Waals surface area contributed by atoms with Crippen molar-refractivity contribution in [3.63, 3.8) is 0 Å². The average molecular weight is 284 g/mol. The maximum Gasteiger partial charge on any atom is 0.218 e. The molecule has 0 radical (unpaired) electrons. The minimum absolute atomic E-state index is 1.04. The second-order valence-electron chi connectivity index (χ2n) is 5.02. The summed E-state index contributed by atoms with van der Waals surface area (Å²) >= 11 is 0. The smallest absolute Gasteiger partial charge is 0.167 e. The molecule has 0 aliphatic heterocycles. The normalized spacial score (nSPS) is 10.2. The molecule has 1 nitrogen and oxygen atoms in total. The predicted molar refractivity (Wildman–Crippen MR) is 94.0 cm³/mol. The first-order valence-corrected chi connectivity index (χ1v) is 7.29. The molecule has 0 aliphatic rings. The van der Waals surface area contributed by atoms with Crippen molar-refractivity contribution in [1.29, 1.82) is 0 Å². The van der Waals surface area contributed by atoms with Crippen LogP contribution in [0.3, 0.4) is 0 Å². The number of nitrogens with zero attached hydrogens (tertiary/aromatic N) is 1. The van der Waals surface area contributed by atoms with Crippen molar-refractivity contribution in [2.24, 2.45) is 0 Å². The van der Waals surface area contributed by atoms with Gasteiger partial charge in [-0.1, -0.05) is 67.2 Å². The summed E-state index contributed by atoms with van der Waals surface area (Å²) in [7, 11) is 0. The Bertz CT molecular complexity index is 802. The molecule has 0 saturated carbocycles. The van der Waals surface area contributed by atoms with Gasteiger partial charge in [-0.25, -0.2) is 0 Å². The lowest BCUT2D eigenvalue weighted by Gasteiger charge is -2.11. The topological polar surface area (TPSA) is 3.88 Å². The minimum Gasteiger partial charge on any atom is -0.167 e. The van der Waals surface area contributed by atoms with Crippen LogP contribution in [0.5, 0.6) is 0 Å². The molecule has 0 atom stereocenters. The molecule has 0 bridgehead atoms. The molecule has 0 N–H and O–H groups in total. The van der Waals surface area contributed by atoms with Gasteiger partial charge in [0.2, 0.25) is 5.69 Å². The fourth-order valence-corrected chi connectivity index (χ4v) is 2.72.